The van der Waals surface area contributed by atoms with Crippen molar-refractivity contribution in [2.45, 2.75) is 37.9 Å². The van der Waals surface area contributed by atoms with E-state index in [2.05, 4.69) is 40.3 Å². The van der Waals surface area contributed by atoms with Gasteiger partial charge in [-0.2, -0.15) is 0 Å². The number of nitrogens with one attached hydrogen (secondary N) is 1. The van der Waals surface area contributed by atoms with Gasteiger partial charge in [0.2, 0.25) is 0 Å². The van der Waals surface area contributed by atoms with E-state index in [-0.39, 0.29) is 0 Å². The van der Waals surface area contributed by atoms with Crippen LogP contribution in [0.5, 0.6) is 0 Å². The minimum Gasteiger partial charge on any atom is -0.357 e. The van der Waals surface area contributed by atoms with Crippen LogP contribution in [0.2, 0.25) is 0 Å². The van der Waals surface area contributed by atoms with Gasteiger partial charge in [0.25, 0.3) is 0 Å². The van der Waals surface area contributed by atoms with Crippen molar-refractivity contribution in [1.82, 2.24) is 14.8 Å². The largest absolute Gasteiger partial charge is 0.357 e. The summed E-state index contributed by atoms with van der Waals surface area (Å²) >= 11 is 0. The first-order valence-corrected chi connectivity index (χ1v) is 6.39. The quantitative estimate of drug-likeness (QED) is 0.825. The maximum absolute atomic E-state index is 3.67. The van der Waals surface area contributed by atoms with Gasteiger partial charge in [0.05, 0.1) is 0 Å². The zero-order valence-electron chi connectivity index (χ0n) is 10.0. The first-order valence-electron chi connectivity index (χ1n) is 6.39. The lowest BCUT2D eigenvalue weighted by Gasteiger charge is -2.15. The number of hydrogen-bond acceptors (Lipinski definition) is 2. The van der Waals surface area contributed by atoms with Crippen LogP contribution in [0.4, 0.5) is 0 Å². The first-order chi connectivity index (χ1) is 7.81. The molecule has 0 aromatic carbocycles. The molecule has 1 aromatic heterocycles. The molecule has 1 saturated heterocycles. The van der Waals surface area contributed by atoms with E-state index >= 15 is 0 Å². The average molecular weight is 219 g/mol. The average Bonchev–Trinajstić information content (AvgIpc) is 2.87. The molecule has 0 radical (unpaired) electrons. The van der Waals surface area contributed by atoms with Gasteiger partial charge in [-0.1, -0.05) is 0 Å². The second-order valence-electron chi connectivity index (χ2n) is 5.28. The van der Waals surface area contributed by atoms with Crippen molar-refractivity contribution in [1.29, 1.82) is 0 Å². The summed E-state index contributed by atoms with van der Waals surface area (Å²) in [5.41, 5.74) is 1.40. The van der Waals surface area contributed by atoms with Gasteiger partial charge in [0, 0.05) is 51.2 Å². The summed E-state index contributed by atoms with van der Waals surface area (Å²) < 4.78 is 2.11. The molecule has 16 heavy (non-hydrogen) atoms. The van der Waals surface area contributed by atoms with Crippen LogP contribution in [0.3, 0.4) is 0 Å². The molecule has 1 aliphatic carbocycles. The second kappa shape index (κ2) is 4.22. The van der Waals surface area contributed by atoms with Crippen molar-refractivity contribution in [3.05, 3.63) is 24.0 Å². The van der Waals surface area contributed by atoms with Gasteiger partial charge in [0.1, 0.15) is 0 Å². The molecule has 2 fully saturated rings. The Balaban J connectivity index is 1.45. The fourth-order valence-corrected chi connectivity index (χ4v) is 2.65. The van der Waals surface area contributed by atoms with Crippen molar-refractivity contribution in [2.24, 2.45) is 7.05 Å². The van der Waals surface area contributed by atoms with E-state index in [0.29, 0.717) is 6.04 Å². The van der Waals surface area contributed by atoms with Crippen LogP contribution in [0.25, 0.3) is 0 Å². The molecule has 1 aliphatic heterocycles. The lowest BCUT2D eigenvalue weighted by molar-refractivity contribution is 0.317. The van der Waals surface area contributed by atoms with Gasteiger partial charge in [-0.25, -0.2) is 0 Å². The molecule has 2 aliphatic rings. The summed E-state index contributed by atoms with van der Waals surface area (Å²) in [6.45, 7) is 3.58. The lowest BCUT2D eigenvalue weighted by Crippen LogP contribution is -2.32. The molecule has 0 amide bonds. The van der Waals surface area contributed by atoms with Gasteiger partial charge in [-0.05, 0) is 30.9 Å². The standard InChI is InChI=1S/C13H21N3/c1-15-6-4-11(9-15)8-14-12-5-7-16(10-12)13-2-3-13/h4,6,9,12-14H,2-3,5,7-8,10H2,1H3. The number of hydrogen-bond donors (Lipinski definition) is 1. The Morgan fingerprint density at radius 3 is 2.94 bits per heavy atom. The van der Waals surface area contributed by atoms with Crippen LogP contribution >= 0.6 is 0 Å². The van der Waals surface area contributed by atoms with Gasteiger partial charge < -0.3 is 9.88 Å². The molecule has 0 bridgehead atoms. The van der Waals surface area contributed by atoms with E-state index in [0.717, 1.165) is 12.6 Å². The fourth-order valence-electron chi connectivity index (χ4n) is 2.65. The first kappa shape index (κ1) is 10.4. The molecular weight excluding hydrogens is 198 g/mol. The smallest absolute Gasteiger partial charge is 0.0223 e. The highest BCUT2D eigenvalue weighted by Gasteiger charge is 2.33. The molecule has 1 saturated carbocycles. The Kier molecular flexibility index (Phi) is 2.74. The zero-order chi connectivity index (χ0) is 11.0. The SMILES string of the molecule is Cn1ccc(CNC2CCN(C3CC3)C2)c1. The summed E-state index contributed by atoms with van der Waals surface area (Å²) in [5.74, 6) is 0. The van der Waals surface area contributed by atoms with Crippen molar-refractivity contribution < 1.29 is 0 Å². The molecule has 3 nitrogen and oxygen atoms in total. The van der Waals surface area contributed by atoms with Crippen LogP contribution in [0.1, 0.15) is 24.8 Å². The predicted octanol–water partition coefficient (Wildman–Crippen LogP) is 1.35. The number of rotatable bonds is 4. The van der Waals surface area contributed by atoms with Crippen molar-refractivity contribution >= 4 is 0 Å². The normalized spacial score (nSPS) is 26.4. The Morgan fingerprint density at radius 1 is 1.38 bits per heavy atom. The second-order valence-corrected chi connectivity index (χ2v) is 5.28. The highest BCUT2D eigenvalue weighted by molar-refractivity contribution is 5.09. The molecule has 1 N–H and O–H groups in total. The summed E-state index contributed by atoms with van der Waals surface area (Å²) in [7, 11) is 2.08. The predicted molar refractivity (Wildman–Crippen MR) is 65.3 cm³/mol. The monoisotopic (exact) mass is 219 g/mol. The molecule has 3 heteroatoms. The Morgan fingerprint density at radius 2 is 2.25 bits per heavy atom. The summed E-state index contributed by atoms with van der Waals surface area (Å²) in [4.78, 5) is 2.66. The summed E-state index contributed by atoms with van der Waals surface area (Å²) in [6.07, 6.45) is 8.50. The topological polar surface area (TPSA) is 20.2 Å². The van der Waals surface area contributed by atoms with Crippen LogP contribution in [-0.4, -0.2) is 34.6 Å². The fraction of sp³-hybridized carbons (Fsp3) is 0.692. The molecule has 1 atom stereocenters. The Bertz CT molecular complexity index is 354. The number of aryl methyl sites for hydroxylation is 1. The van der Waals surface area contributed by atoms with E-state index in [4.69, 9.17) is 0 Å². The van der Waals surface area contributed by atoms with Crippen LogP contribution in [0.15, 0.2) is 18.5 Å². The number of nitrogens with zero attached hydrogens (tertiary/aromatic N) is 2. The highest BCUT2D eigenvalue weighted by atomic mass is 15.2. The molecular formula is C13H21N3. The number of aromatic nitrogens is 1. The number of likely N-dealkylation sites (tertiary alicyclic amines) is 1. The van der Waals surface area contributed by atoms with Crippen molar-refractivity contribution in [2.75, 3.05) is 13.1 Å². The van der Waals surface area contributed by atoms with Crippen LogP contribution < -0.4 is 5.32 Å². The minimum absolute atomic E-state index is 0.709. The minimum atomic E-state index is 0.709. The van der Waals surface area contributed by atoms with Crippen LogP contribution in [-0.2, 0) is 13.6 Å². The zero-order valence-corrected chi connectivity index (χ0v) is 10.0. The van der Waals surface area contributed by atoms with Gasteiger partial charge in [-0.15, -0.1) is 0 Å². The molecule has 88 valence electrons. The molecule has 3 rings (SSSR count). The molecule has 2 heterocycles. The third-order valence-electron chi connectivity index (χ3n) is 3.77. The Labute approximate surface area is 97.4 Å². The Hall–Kier alpha value is -0.800. The van der Waals surface area contributed by atoms with E-state index in [1.165, 1.54) is 37.9 Å². The van der Waals surface area contributed by atoms with Crippen molar-refractivity contribution in [3.63, 3.8) is 0 Å². The van der Waals surface area contributed by atoms with E-state index in [1.807, 2.05) is 0 Å². The van der Waals surface area contributed by atoms with E-state index in [1.54, 1.807) is 0 Å². The van der Waals surface area contributed by atoms with E-state index in [9.17, 15) is 0 Å². The van der Waals surface area contributed by atoms with E-state index < -0.39 is 0 Å². The van der Waals surface area contributed by atoms with Gasteiger partial charge in [-0.3, -0.25) is 4.90 Å². The molecule has 1 aromatic rings. The third kappa shape index (κ3) is 2.30. The summed E-state index contributed by atoms with van der Waals surface area (Å²) in [5, 5.41) is 3.67. The summed E-state index contributed by atoms with van der Waals surface area (Å²) in [6, 6.07) is 3.84. The lowest BCUT2D eigenvalue weighted by atomic mass is 10.2. The van der Waals surface area contributed by atoms with Crippen LogP contribution in [0, 0.1) is 0 Å². The van der Waals surface area contributed by atoms with Crippen molar-refractivity contribution in [3.8, 4) is 0 Å². The van der Waals surface area contributed by atoms with Gasteiger partial charge >= 0.3 is 0 Å². The van der Waals surface area contributed by atoms with Gasteiger partial charge in [0.15, 0.2) is 0 Å². The highest BCUT2D eigenvalue weighted by Crippen LogP contribution is 2.29. The molecule has 0 spiro atoms. The maximum atomic E-state index is 3.67. The maximum Gasteiger partial charge on any atom is 0.0223 e. The molecule has 1 unspecified atom stereocenters. The third-order valence-corrected chi connectivity index (χ3v) is 3.77.